The Morgan fingerprint density at radius 1 is 0.909 bits per heavy atom. The van der Waals surface area contributed by atoms with E-state index in [-0.39, 0.29) is 13.8 Å². The van der Waals surface area contributed by atoms with Crippen molar-refractivity contribution >= 4 is 18.5 Å². The van der Waals surface area contributed by atoms with Crippen LogP contribution >= 0.6 is 18.5 Å². The van der Waals surface area contributed by atoms with Crippen molar-refractivity contribution in [2.45, 2.75) is 20.3 Å². The molecule has 2 atom stereocenters. The lowest BCUT2D eigenvalue weighted by Crippen LogP contribution is -1.27. The van der Waals surface area contributed by atoms with Gasteiger partial charge in [0.2, 0.25) is 0 Å². The molecule has 0 bridgehead atoms. The van der Waals surface area contributed by atoms with Crippen molar-refractivity contribution in [1.29, 1.82) is 0 Å². The zero-order chi connectivity index (χ0) is 8.71. The van der Waals surface area contributed by atoms with Gasteiger partial charge in [-0.3, -0.25) is 0 Å². The van der Waals surface area contributed by atoms with Crippen LogP contribution in [-0.4, -0.2) is 24.3 Å². The van der Waals surface area contributed by atoms with E-state index in [1.54, 1.807) is 0 Å². The Balaban J connectivity index is -0.00000000394. The minimum atomic E-state index is 0. The molecule has 0 spiro atoms. The van der Waals surface area contributed by atoms with E-state index >= 15 is 0 Å². The quantitative estimate of drug-likeness (QED) is 0.565. The van der Waals surface area contributed by atoms with Gasteiger partial charge in [-0.25, -0.2) is 0 Å². The number of hydrogen-bond donors (Lipinski definition) is 0. The third kappa shape index (κ3) is 5050. The molecule has 0 saturated carbocycles. The molecule has 6 heteroatoms. The monoisotopic (exact) mass is 212 g/mol. The van der Waals surface area contributed by atoms with Gasteiger partial charge in [-0.15, -0.1) is 18.5 Å². The van der Waals surface area contributed by atoms with Crippen LogP contribution in [0.3, 0.4) is 0 Å². The molecule has 80 valence electrons. The minimum absolute atomic E-state index is 0. The van der Waals surface area contributed by atoms with Crippen LogP contribution < -0.4 is 0 Å². The molecule has 0 saturated heterocycles. The Morgan fingerprint density at radius 2 is 0.909 bits per heavy atom. The van der Waals surface area contributed by atoms with Crippen LogP contribution in [0.5, 0.6) is 0 Å². The molecule has 4 N–H and O–H groups in total. The molecule has 4 nitrogen and oxygen atoms in total. The summed E-state index contributed by atoms with van der Waals surface area (Å²) >= 11 is 0. The van der Waals surface area contributed by atoms with Gasteiger partial charge in [-0.1, -0.05) is 33.6 Å². The number of rotatable bonds is 0. The molecule has 0 radical (unpaired) electrons. The maximum atomic E-state index is 7.00. The minimum Gasteiger partial charge on any atom is -0.412 e. The Morgan fingerprint density at radius 3 is 0.909 bits per heavy atom. The van der Waals surface area contributed by atoms with Crippen LogP contribution in [0.1, 0.15) is 23.1 Å². The molecule has 0 fully saturated rings. The van der Waals surface area contributed by atoms with Gasteiger partial charge in [-0.2, -0.15) is 0 Å². The van der Waals surface area contributed by atoms with E-state index in [1.165, 1.54) is 6.42 Å². The summed E-state index contributed by atoms with van der Waals surface area (Å²) in [7, 11) is 4.83. The van der Waals surface area contributed by atoms with E-state index in [2.05, 4.69) is 32.3 Å². The Hall–Kier alpha value is 0.380. The first kappa shape index (κ1) is 42.4. The maximum absolute atomic E-state index is 7.00. The van der Waals surface area contributed by atoms with Crippen molar-refractivity contribution in [3.05, 3.63) is 9.93 Å². The van der Waals surface area contributed by atoms with E-state index in [9.17, 15) is 0 Å². The average molecular weight is 212 g/mol. The normalized spacial score (nSPS) is 3.09. The highest BCUT2D eigenvalue weighted by Gasteiger charge is 1.35. The topological polar surface area (TPSA) is 97.1 Å². The summed E-state index contributed by atoms with van der Waals surface area (Å²) in [6.07, 6.45) is 1.25. The molecule has 0 aliphatic carbocycles. The molecule has 2 unspecified atom stereocenters. The maximum Gasteiger partial charge on any atom is 0 e. The third-order valence-electron chi connectivity index (χ3n) is 0. The lowest BCUT2D eigenvalue weighted by atomic mass is 10.6. The van der Waals surface area contributed by atoms with E-state index in [0.717, 1.165) is 0 Å². The first-order valence-electron chi connectivity index (χ1n) is 2.74. The van der Waals surface area contributed by atoms with Gasteiger partial charge >= 0.3 is 0 Å². The second-order valence-corrected chi connectivity index (χ2v) is 0.707. The fourth-order valence-corrected chi connectivity index (χ4v) is 0. The predicted molar refractivity (Wildman–Crippen MR) is 65.4 cm³/mol. The molecule has 0 heterocycles. The van der Waals surface area contributed by atoms with Crippen LogP contribution in [0.15, 0.2) is 0 Å². The Bertz CT molecular complexity index is 28.5. The van der Waals surface area contributed by atoms with Gasteiger partial charge in [0.15, 0.2) is 0 Å². The summed E-state index contributed by atoms with van der Waals surface area (Å²) in [5, 5.41) is 0. The average Bonchev–Trinajstić information content (AvgIpc) is 2.01. The van der Waals surface area contributed by atoms with E-state index < -0.39 is 0 Å². The smallest absolute Gasteiger partial charge is 0 e. The van der Waals surface area contributed by atoms with Crippen LogP contribution in [-0.2, 0) is 0 Å². The van der Waals surface area contributed by atoms with Gasteiger partial charge in [0.25, 0.3) is 0 Å². The van der Waals surface area contributed by atoms with Crippen molar-refractivity contribution in [1.82, 2.24) is 0 Å². The molecule has 0 amide bonds. The van der Waals surface area contributed by atoms with Crippen molar-refractivity contribution in [2.24, 2.45) is 0 Å². The highest BCUT2D eigenvalue weighted by molar-refractivity contribution is 7.15. The summed E-state index contributed by atoms with van der Waals surface area (Å²) in [5.74, 6) is 0. The molecular weight excluding hydrogens is 186 g/mol. The lowest BCUT2D eigenvalue weighted by molar-refractivity contribution is 0.823. The largest absolute Gasteiger partial charge is 0.412 e. The van der Waals surface area contributed by atoms with Crippen LogP contribution in [0.2, 0.25) is 0 Å². The van der Waals surface area contributed by atoms with Crippen molar-refractivity contribution < 1.29 is 13.8 Å². The molecule has 0 aliphatic rings. The molecule has 0 aromatic carbocycles. The lowest BCUT2D eigenvalue weighted by Gasteiger charge is -1.48. The third-order valence-corrected chi connectivity index (χ3v) is 0. The highest BCUT2D eigenvalue weighted by atomic mass is 31.0. The van der Waals surface area contributed by atoms with E-state index in [4.69, 9.17) is 9.93 Å². The summed E-state index contributed by atoms with van der Waals surface area (Å²) in [6, 6.07) is 0. The zero-order valence-electron chi connectivity index (χ0n) is 7.68. The SMILES string of the molecule is CCC.CP.CP.O.O.O=O.[HH].[HH]. The first-order chi connectivity index (χ1) is 4.41. The Labute approximate surface area is 76.7 Å². The Kier molecular flexibility index (Phi) is 1850. The molecular formula is C5H26O4P2. The van der Waals surface area contributed by atoms with Crippen LogP contribution in [0, 0.1) is 9.93 Å². The fraction of sp³-hybridized carbons (Fsp3) is 1.00. The van der Waals surface area contributed by atoms with Gasteiger partial charge in [0.1, 0.15) is 0 Å². The van der Waals surface area contributed by atoms with E-state index in [0.29, 0.717) is 0 Å². The molecule has 0 rings (SSSR count). The predicted octanol–water partition coefficient (Wildman–Crippen LogP) is 1.31. The summed E-state index contributed by atoms with van der Waals surface area (Å²) in [5.41, 5.74) is 0. The second kappa shape index (κ2) is 480. The van der Waals surface area contributed by atoms with E-state index in [1.807, 2.05) is 13.3 Å². The first-order valence-corrected chi connectivity index (χ1v) is 5.04. The standard InChI is InChI=1S/C3H8.2CH5P.O2.2H2O.2H2/c1-3-2;3*1-2;;;;/h3H2,1-2H3;2*2H2,1H3;;2*1H2;2*1H. The molecule has 11 heavy (non-hydrogen) atoms. The summed E-state index contributed by atoms with van der Waals surface area (Å²) in [6.45, 7) is 8.08. The van der Waals surface area contributed by atoms with Crippen LogP contribution in [0.4, 0.5) is 0 Å². The highest BCUT2D eigenvalue weighted by Crippen LogP contribution is 1.56. The van der Waals surface area contributed by atoms with Crippen molar-refractivity contribution in [3.8, 4) is 0 Å². The number of hydrogen-bond acceptors (Lipinski definition) is 2. The fourth-order valence-electron chi connectivity index (χ4n) is 0. The molecule has 0 aromatic rings. The second-order valence-electron chi connectivity index (χ2n) is 0.707. The van der Waals surface area contributed by atoms with Crippen LogP contribution in [0.25, 0.3) is 0 Å². The molecule has 0 aromatic heterocycles. The van der Waals surface area contributed by atoms with Crippen molar-refractivity contribution in [2.75, 3.05) is 13.3 Å². The summed E-state index contributed by atoms with van der Waals surface area (Å²) < 4.78 is 0. The zero-order valence-corrected chi connectivity index (χ0v) is 9.99. The summed E-state index contributed by atoms with van der Waals surface area (Å²) in [4.78, 5) is 14.0. The van der Waals surface area contributed by atoms with Gasteiger partial charge in [0.05, 0.1) is 0 Å². The van der Waals surface area contributed by atoms with Gasteiger partial charge in [-0.05, 0) is 0 Å². The molecule has 0 aliphatic heterocycles. The van der Waals surface area contributed by atoms with Crippen molar-refractivity contribution in [3.63, 3.8) is 0 Å². The van der Waals surface area contributed by atoms with Gasteiger partial charge < -0.3 is 11.0 Å². The van der Waals surface area contributed by atoms with Gasteiger partial charge in [0, 0.05) is 12.8 Å².